The van der Waals surface area contributed by atoms with Gasteiger partial charge in [0.15, 0.2) is 17.2 Å². The predicted molar refractivity (Wildman–Crippen MR) is 131 cm³/mol. The number of aryl methyl sites for hydroxylation is 1. The number of hydrogen-bond acceptors (Lipinski definition) is 8. The van der Waals surface area contributed by atoms with Gasteiger partial charge in [0.1, 0.15) is 0 Å². The molecule has 1 amide bonds. The van der Waals surface area contributed by atoms with E-state index in [9.17, 15) is 4.79 Å². The number of benzene rings is 1. The van der Waals surface area contributed by atoms with Gasteiger partial charge in [-0.2, -0.15) is 5.10 Å². The van der Waals surface area contributed by atoms with E-state index in [1.165, 1.54) is 0 Å². The molecule has 35 heavy (non-hydrogen) atoms. The molecular weight excluding hydrogens is 450 g/mol. The largest absolute Gasteiger partial charge is 0.493 e. The highest BCUT2D eigenvalue weighted by atomic mass is 16.5. The van der Waals surface area contributed by atoms with Crippen LogP contribution in [0.15, 0.2) is 12.1 Å². The Kier molecular flexibility index (Phi) is 8.48. The minimum absolute atomic E-state index is 0.102. The van der Waals surface area contributed by atoms with Crippen molar-refractivity contribution in [2.24, 2.45) is 7.05 Å². The summed E-state index contributed by atoms with van der Waals surface area (Å²) in [6, 6.07) is 3.90. The first kappa shape index (κ1) is 25.3. The van der Waals surface area contributed by atoms with E-state index >= 15 is 0 Å². The average molecular weight is 488 g/mol. The van der Waals surface area contributed by atoms with Gasteiger partial charge in [0.2, 0.25) is 5.75 Å². The highest BCUT2D eigenvalue weighted by molar-refractivity contribution is 5.94. The lowest BCUT2D eigenvalue weighted by molar-refractivity contribution is 0.0374. The van der Waals surface area contributed by atoms with E-state index in [1.54, 1.807) is 21.3 Å². The molecular formula is C25H37N5O5. The van der Waals surface area contributed by atoms with Crippen LogP contribution in [0.5, 0.6) is 17.2 Å². The van der Waals surface area contributed by atoms with E-state index in [2.05, 4.69) is 20.2 Å². The Bertz CT molecular complexity index is 1020. The van der Waals surface area contributed by atoms with Crippen LogP contribution < -0.4 is 19.5 Å². The summed E-state index contributed by atoms with van der Waals surface area (Å²) in [5, 5.41) is 7.65. The van der Waals surface area contributed by atoms with Crippen LogP contribution in [-0.4, -0.2) is 92.8 Å². The normalized spacial score (nSPS) is 16.6. The quantitative estimate of drug-likeness (QED) is 0.504. The molecule has 0 radical (unpaired) electrons. The molecule has 1 fully saturated rings. The molecule has 0 aliphatic carbocycles. The summed E-state index contributed by atoms with van der Waals surface area (Å²) in [5.74, 6) is 1.79. The number of carbonyl (C=O) groups is 1. The van der Waals surface area contributed by atoms with E-state index < -0.39 is 0 Å². The van der Waals surface area contributed by atoms with Gasteiger partial charge in [-0.1, -0.05) is 6.07 Å². The Balaban J connectivity index is 1.40. The second kappa shape index (κ2) is 11.7. The first-order valence-electron chi connectivity index (χ1n) is 12.2. The van der Waals surface area contributed by atoms with Crippen molar-refractivity contribution in [1.82, 2.24) is 24.9 Å². The number of hydrogen-bond donors (Lipinski definition) is 1. The highest BCUT2D eigenvalue weighted by Crippen LogP contribution is 2.40. The fourth-order valence-corrected chi connectivity index (χ4v) is 4.91. The lowest BCUT2D eigenvalue weighted by atomic mass is 10.0. The van der Waals surface area contributed by atoms with Gasteiger partial charge in [0.25, 0.3) is 5.91 Å². The number of ether oxygens (including phenoxy) is 4. The summed E-state index contributed by atoms with van der Waals surface area (Å²) in [6.07, 6.45) is 1.74. The van der Waals surface area contributed by atoms with Crippen molar-refractivity contribution in [3.63, 3.8) is 0 Å². The topological polar surface area (TPSA) is 90.3 Å². The van der Waals surface area contributed by atoms with Gasteiger partial charge in [-0.05, 0) is 19.0 Å². The SMILES string of the molecule is COc1ccc(CN2CCc3c(c(C(=O)NCCCN4CCOCC4)nn3C)C2)c(OC)c1OC. The first-order chi connectivity index (χ1) is 17.0. The van der Waals surface area contributed by atoms with Crippen LogP contribution in [0, 0.1) is 0 Å². The first-order valence-corrected chi connectivity index (χ1v) is 12.2. The van der Waals surface area contributed by atoms with E-state index in [4.69, 9.17) is 18.9 Å². The van der Waals surface area contributed by atoms with Gasteiger partial charge in [-0.25, -0.2) is 0 Å². The summed E-state index contributed by atoms with van der Waals surface area (Å²) in [5.41, 5.74) is 3.66. The Morgan fingerprint density at radius 2 is 1.83 bits per heavy atom. The van der Waals surface area contributed by atoms with Gasteiger partial charge in [-0.15, -0.1) is 0 Å². The third kappa shape index (κ3) is 5.71. The second-order valence-corrected chi connectivity index (χ2v) is 8.92. The van der Waals surface area contributed by atoms with E-state index in [0.717, 1.165) is 69.1 Å². The average Bonchev–Trinajstić information content (AvgIpc) is 3.22. The molecule has 3 heterocycles. The summed E-state index contributed by atoms with van der Waals surface area (Å²) in [6.45, 7) is 7.28. The summed E-state index contributed by atoms with van der Waals surface area (Å²) < 4.78 is 23.9. The van der Waals surface area contributed by atoms with Crippen LogP contribution in [0.1, 0.15) is 33.7 Å². The number of nitrogens with zero attached hydrogens (tertiary/aromatic N) is 4. The molecule has 2 aliphatic rings. The summed E-state index contributed by atoms with van der Waals surface area (Å²) in [4.78, 5) is 17.7. The molecule has 0 bridgehead atoms. The molecule has 0 unspecified atom stereocenters. The van der Waals surface area contributed by atoms with Crippen molar-refractivity contribution < 1.29 is 23.7 Å². The Labute approximate surface area is 207 Å². The maximum atomic E-state index is 13.0. The minimum atomic E-state index is -0.102. The summed E-state index contributed by atoms with van der Waals surface area (Å²) in [7, 11) is 6.78. The molecule has 0 spiro atoms. The standard InChI is InChI=1S/C25H37N5O5/c1-28-20-8-11-30(16-18-6-7-21(32-2)24(34-4)23(18)33-3)17-19(20)22(27-28)25(31)26-9-5-10-29-12-14-35-15-13-29/h6-7H,5,8-17H2,1-4H3,(H,26,31). The molecule has 1 saturated heterocycles. The molecule has 1 N–H and O–H groups in total. The molecule has 2 aromatic rings. The molecule has 4 rings (SSSR count). The lowest BCUT2D eigenvalue weighted by Crippen LogP contribution is -2.38. The molecule has 2 aliphatic heterocycles. The molecule has 1 aromatic carbocycles. The van der Waals surface area contributed by atoms with Crippen molar-refractivity contribution in [2.45, 2.75) is 25.9 Å². The van der Waals surface area contributed by atoms with Crippen LogP contribution in [-0.2, 0) is 31.3 Å². The summed E-state index contributed by atoms with van der Waals surface area (Å²) >= 11 is 0. The van der Waals surface area contributed by atoms with Crippen molar-refractivity contribution >= 4 is 5.91 Å². The number of amides is 1. The fourth-order valence-electron chi connectivity index (χ4n) is 4.91. The van der Waals surface area contributed by atoms with Crippen LogP contribution in [0.25, 0.3) is 0 Å². The Morgan fingerprint density at radius 1 is 1.06 bits per heavy atom. The van der Waals surface area contributed by atoms with E-state index in [-0.39, 0.29) is 5.91 Å². The van der Waals surface area contributed by atoms with Gasteiger partial charge in [-0.3, -0.25) is 19.3 Å². The molecule has 0 atom stereocenters. The van der Waals surface area contributed by atoms with Crippen molar-refractivity contribution in [2.75, 3.05) is 67.3 Å². The van der Waals surface area contributed by atoms with E-state index in [0.29, 0.717) is 42.6 Å². The van der Waals surface area contributed by atoms with Crippen LogP contribution >= 0.6 is 0 Å². The number of morpholine rings is 1. The smallest absolute Gasteiger partial charge is 0.272 e. The van der Waals surface area contributed by atoms with Crippen molar-refractivity contribution in [3.05, 3.63) is 34.6 Å². The number of aromatic nitrogens is 2. The second-order valence-electron chi connectivity index (χ2n) is 8.92. The molecule has 10 nitrogen and oxygen atoms in total. The van der Waals surface area contributed by atoms with Crippen LogP contribution in [0.3, 0.4) is 0 Å². The van der Waals surface area contributed by atoms with Crippen molar-refractivity contribution in [3.8, 4) is 17.2 Å². The lowest BCUT2D eigenvalue weighted by Gasteiger charge is -2.28. The molecule has 1 aromatic heterocycles. The molecule has 0 saturated carbocycles. The number of nitrogens with one attached hydrogen (secondary N) is 1. The molecule has 192 valence electrons. The Morgan fingerprint density at radius 3 is 2.54 bits per heavy atom. The zero-order chi connectivity index (χ0) is 24.8. The number of fused-ring (bicyclic) bond motifs is 1. The van der Waals surface area contributed by atoms with Crippen LogP contribution in [0.2, 0.25) is 0 Å². The van der Waals surface area contributed by atoms with Gasteiger partial charge in [0, 0.05) is 69.6 Å². The predicted octanol–water partition coefficient (Wildman–Crippen LogP) is 1.46. The highest BCUT2D eigenvalue weighted by Gasteiger charge is 2.28. The van der Waals surface area contributed by atoms with Gasteiger partial charge < -0.3 is 24.3 Å². The minimum Gasteiger partial charge on any atom is -0.493 e. The zero-order valence-electron chi connectivity index (χ0n) is 21.3. The Hall–Kier alpha value is -2.82. The number of rotatable bonds is 10. The zero-order valence-corrected chi connectivity index (χ0v) is 21.3. The monoisotopic (exact) mass is 487 g/mol. The fraction of sp³-hybridized carbons (Fsp3) is 0.600. The molecule has 10 heteroatoms. The third-order valence-corrected chi connectivity index (χ3v) is 6.76. The van der Waals surface area contributed by atoms with Crippen molar-refractivity contribution in [1.29, 1.82) is 0 Å². The third-order valence-electron chi connectivity index (χ3n) is 6.76. The van der Waals surface area contributed by atoms with Gasteiger partial charge in [0.05, 0.1) is 34.5 Å². The number of carbonyl (C=O) groups excluding carboxylic acids is 1. The van der Waals surface area contributed by atoms with Gasteiger partial charge >= 0.3 is 0 Å². The maximum absolute atomic E-state index is 13.0. The van der Waals surface area contributed by atoms with Crippen LogP contribution in [0.4, 0.5) is 0 Å². The maximum Gasteiger partial charge on any atom is 0.272 e. The van der Waals surface area contributed by atoms with E-state index in [1.807, 2.05) is 23.9 Å². The number of methoxy groups -OCH3 is 3.